The number of carbonyl (C=O) groups is 1. The molecule has 5 heteroatoms. The second-order valence-electron chi connectivity index (χ2n) is 3.31. The van der Waals surface area contributed by atoms with Gasteiger partial charge in [0.2, 0.25) is 5.91 Å². The molecule has 0 fully saturated rings. The van der Waals surface area contributed by atoms with E-state index in [1.807, 2.05) is 0 Å². The molecule has 3 N–H and O–H groups in total. The second kappa shape index (κ2) is 6.98. The Bertz CT molecular complexity index is 314. The van der Waals surface area contributed by atoms with Gasteiger partial charge in [-0.05, 0) is 47.4 Å². The molecular formula is C10H15BrN2OS. The summed E-state index contributed by atoms with van der Waals surface area (Å²) in [7, 11) is 0. The van der Waals surface area contributed by atoms with Crippen molar-refractivity contribution >= 4 is 33.2 Å². The van der Waals surface area contributed by atoms with Gasteiger partial charge in [-0.15, -0.1) is 11.3 Å². The second-order valence-corrected chi connectivity index (χ2v) is 5.85. The summed E-state index contributed by atoms with van der Waals surface area (Å²) >= 11 is 5.16. The van der Waals surface area contributed by atoms with Crippen molar-refractivity contribution in [2.45, 2.75) is 25.8 Å². The van der Waals surface area contributed by atoms with Crippen LogP contribution in [0.2, 0.25) is 0 Å². The number of hydrogen-bond acceptors (Lipinski definition) is 3. The maximum atomic E-state index is 10.5. The lowest BCUT2D eigenvalue weighted by Gasteiger charge is -2.01. The molecule has 15 heavy (non-hydrogen) atoms. The van der Waals surface area contributed by atoms with Crippen LogP contribution in [-0.2, 0) is 11.3 Å². The molecular weight excluding hydrogens is 276 g/mol. The molecule has 1 aromatic heterocycles. The van der Waals surface area contributed by atoms with Crippen LogP contribution in [0, 0.1) is 0 Å². The number of halogens is 1. The van der Waals surface area contributed by atoms with Crippen molar-refractivity contribution in [1.29, 1.82) is 0 Å². The molecule has 84 valence electrons. The van der Waals surface area contributed by atoms with Gasteiger partial charge in [0.05, 0.1) is 3.79 Å². The first-order chi connectivity index (χ1) is 7.18. The fourth-order valence-corrected chi connectivity index (χ4v) is 2.66. The van der Waals surface area contributed by atoms with Crippen molar-refractivity contribution in [2.75, 3.05) is 6.54 Å². The highest BCUT2D eigenvalue weighted by Gasteiger charge is 1.97. The van der Waals surface area contributed by atoms with Gasteiger partial charge in [0.15, 0.2) is 0 Å². The summed E-state index contributed by atoms with van der Waals surface area (Å²) in [6.45, 7) is 1.83. The third-order valence-electron chi connectivity index (χ3n) is 1.95. The van der Waals surface area contributed by atoms with Gasteiger partial charge in [0.25, 0.3) is 0 Å². The molecule has 0 bridgehead atoms. The number of thiophene rings is 1. The largest absolute Gasteiger partial charge is 0.370 e. The van der Waals surface area contributed by atoms with E-state index in [9.17, 15) is 4.79 Å². The third kappa shape index (κ3) is 5.92. The Morgan fingerprint density at radius 2 is 2.27 bits per heavy atom. The summed E-state index contributed by atoms with van der Waals surface area (Å²) in [4.78, 5) is 11.8. The summed E-state index contributed by atoms with van der Waals surface area (Å²) < 4.78 is 1.16. The molecule has 3 nitrogen and oxygen atoms in total. The van der Waals surface area contributed by atoms with E-state index in [2.05, 4.69) is 33.4 Å². The zero-order chi connectivity index (χ0) is 11.1. The molecule has 0 aromatic carbocycles. The van der Waals surface area contributed by atoms with Crippen molar-refractivity contribution in [3.63, 3.8) is 0 Å². The molecule has 0 aliphatic rings. The average molecular weight is 291 g/mol. The Kier molecular flexibility index (Phi) is 5.90. The van der Waals surface area contributed by atoms with Gasteiger partial charge in [-0.3, -0.25) is 4.79 Å². The van der Waals surface area contributed by atoms with Crippen LogP contribution >= 0.6 is 27.3 Å². The number of unbranched alkanes of at least 4 members (excludes halogenated alkanes) is 1. The van der Waals surface area contributed by atoms with Crippen LogP contribution in [0.4, 0.5) is 0 Å². The van der Waals surface area contributed by atoms with Crippen LogP contribution in [0.5, 0.6) is 0 Å². The highest BCUT2D eigenvalue weighted by atomic mass is 79.9. The molecule has 0 atom stereocenters. The standard InChI is InChI=1S/C10H15BrN2OS/c11-9-5-4-8(15-9)7-13-6-2-1-3-10(12)14/h4-5,13H,1-3,6-7H2,(H2,12,14). The number of rotatable bonds is 7. The normalized spacial score (nSPS) is 10.5. The predicted molar refractivity (Wildman–Crippen MR) is 66.8 cm³/mol. The van der Waals surface area contributed by atoms with Crippen LogP contribution in [0.1, 0.15) is 24.1 Å². The van der Waals surface area contributed by atoms with E-state index < -0.39 is 0 Å². The number of carbonyl (C=O) groups excluding carboxylic acids is 1. The van der Waals surface area contributed by atoms with Crippen LogP contribution in [0.3, 0.4) is 0 Å². The Morgan fingerprint density at radius 1 is 1.47 bits per heavy atom. The fraction of sp³-hybridized carbons (Fsp3) is 0.500. The zero-order valence-corrected chi connectivity index (χ0v) is 10.9. The maximum absolute atomic E-state index is 10.5. The van der Waals surface area contributed by atoms with Crippen molar-refractivity contribution in [1.82, 2.24) is 5.32 Å². The highest BCUT2D eigenvalue weighted by Crippen LogP contribution is 2.21. The number of nitrogens with two attached hydrogens (primary N) is 1. The van der Waals surface area contributed by atoms with E-state index in [-0.39, 0.29) is 5.91 Å². The highest BCUT2D eigenvalue weighted by molar-refractivity contribution is 9.11. The molecule has 0 aliphatic carbocycles. The van der Waals surface area contributed by atoms with Crippen molar-refractivity contribution in [3.8, 4) is 0 Å². The SMILES string of the molecule is NC(=O)CCCCNCc1ccc(Br)s1. The van der Waals surface area contributed by atoms with Gasteiger partial charge in [0.1, 0.15) is 0 Å². The van der Waals surface area contributed by atoms with E-state index in [4.69, 9.17) is 5.73 Å². The van der Waals surface area contributed by atoms with E-state index in [0.717, 1.165) is 29.7 Å². The molecule has 1 aromatic rings. The average Bonchev–Trinajstić information content (AvgIpc) is 2.57. The van der Waals surface area contributed by atoms with E-state index in [1.165, 1.54) is 4.88 Å². The number of nitrogens with one attached hydrogen (secondary N) is 1. The Morgan fingerprint density at radius 3 is 2.87 bits per heavy atom. The van der Waals surface area contributed by atoms with Gasteiger partial charge in [-0.25, -0.2) is 0 Å². The molecule has 0 aliphatic heterocycles. The minimum absolute atomic E-state index is 0.211. The molecule has 0 spiro atoms. The summed E-state index contributed by atoms with van der Waals surface area (Å²) in [5.41, 5.74) is 5.04. The monoisotopic (exact) mass is 290 g/mol. The minimum Gasteiger partial charge on any atom is -0.370 e. The van der Waals surface area contributed by atoms with Crippen LogP contribution < -0.4 is 11.1 Å². The number of amides is 1. The van der Waals surface area contributed by atoms with Crippen LogP contribution in [0.15, 0.2) is 15.9 Å². The Labute approximate surface area is 102 Å². The Balaban J connectivity index is 2.00. The number of hydrogen-bond donors (Lipinski definition) is 2. The predicted octanol–water partition coefficient (Wildman–Crippen LogP) is 2.26. The summed E-state index contributed by atoms with van der Waals surface area (Å²) in [6, 6.07) is 4.15. The molecule has 0 radical (unpaired) electrons. The number of primary amides is 1. The van der Waals surface area contributed by atoms with Crippen molar-refractivity contribution < 1.29 is 4.79 Å². The summed E-state index contributed by atoms with van der Waals surface area (Å²) in [6.07, 6.45) is 2.36. The molecule has 0 unspecified atom stereocenters. The maximum Gasteiger partial charge on any atom is 0.217 e. The van der Waals surface area contributed by atoms with Gasteiger partial charge in [0, 0.05) is 17.8 Å². The summed E-state index contributed by atoms with van der Waals surface area (Å²) in [5, 5.41) is 3.33. The molecule has 1 rings (SSSR count). The first-order valence-electron chi connectivity index (χ1n) is 4.91. The topological polar surface area (TPSA) is 55.1 Å². The Hall–Kier alpha value is -0.390. The van der Waals surface area contributed by atoms with Gasteiger partial charge in [-0.1, -0.05) is 0 Å². The molecule has 1 amide bonds. The zero-order valence-electron chi connectivity index (χ0n) is 8.46. The first kappa shape index (κ1) is 12.7. The first-order valence-corrected chi connectivity index (χ1v) is 6.52. The smallest absolute Gasteiger partial charge is 0.217 e. The van der Waals surface area contributed by atoms with E-state index >= 15 is 0 Å². The summed E-state index contributed by atoms with van der Waals surface area (Å²) in [5.74, 6) is -0.211. The molecule has 0 saturated carbocycles. The van der Waals surface area contributed by atoms with Crippen LogP contribution in [0.25, 0.3) is 0 Å². The minimum atomic E-state index is -0.211. The van der Waals surface area contributed by atoms with Crippen molar-refractivity contribution in [3.05, 3.63) is 20.8 Å². The van der Waals surface area contributed by atoms with Gasteiger partial charge >= 0.3 is 0 Å². The molecule has 0 saturated heterocycles. The lowest BCUT2D eigenvalue weighted by Crippen LogP contribution is -2.15. The fourth-order valence-electron chi connectivity index (χ4n) is 1.21. The van der Waals surface area contributed by atoms with Crippen LogP contribution in [-0.4, -0.2) is 12.5 Å². The van der Waals surface area contributed by atoms with Gasteiger partial charge in [-0.2, -0.15) is 0 Å². The van der Waals surface area contributed by atoms with Crippen molar-refractivity contribution in [2.24, 2.45) is 5.73 Å². The van der Waals surface area contributed by atoms with Gasteiger partial charge < -0.3 is 11.1 Å². The van der Waals surface area contributed by atoms with E-state index in [1.54, 1.807) is 11.3 Å². The molecule has 1 heterocycles. The van der Waals surface area contributed by atoms with E-state index in [0.29, 0.717) is 6.42 Å². The third-order valence-corrected chi connectivity index (χ3v) is 3.58. The lowest BCUT2D eigenvalue weighted by atomic mass is 10.2. The quantitative estimate of drug-likeness (QED) is 0.757. The lowest BCUT2D eigenvalue weighted by molar-refractivity contribution is -0.118.